The first kappa shape index (κ1) is 17.9. The Bertz CT molecular complexity index is 1100. The zero-order chi connectivity index (χ0) is 19.6. The summed E-state index contributed by atoms with van der Waals surface area (Å²) < 4.78 is 12.5. The highest BCUT2D eigenvalue weighted by Crippen LogP contribution is 2.28. The zero-order valence-corrected chi connectivity index (χ0v) is 16.5. The Morgan fingerprint density at radius 2 is 2.14 bits per heavy atom. The molecule has 1 atom stereocenters. The number of piperidine rings is 1. The molecule has 0 aliphatic carbocycles. The van der Waals surface area contributed by atoms with Gasteiger partial charge in [-0.25, -0.2) is 9.50 Å². The molecule has 148 valence electrons. The standard InChI is InChI=1S/C23H24N4O2/c1-28-21-6-2-4-18(12-21)19-7-8-22-24-23(25-27(22)15-19)20-5-3-10-26(14-20)13-17-9-11-29-16-17/h2,4,6-9,11-12,15-16,20H,3,5,10,13-14H2,1H3. The number of likely N-dealkylation sites (tertiary alicyclic amines) is 1. The van der Waals surface area contributed by atoms with Crippen molar-refractivity contribution >= 4 is 5.65 Å². The normalized spacial score (nSPS) is 17.6. The van der Waals surface area contributed by atoms with E-state index in [-0.39, 0.29) is 0 Å². The number of ether oxygens (including phenoxy) is 1. The molecule has 0 saturated carbocycles. The van der Waals surface area contributed by atoms with Crippen molar-refractivity contribution in [3.63, 3.8) is 0 Å². The summed E-state index contributed by atoms with van der Waals surface area (Å²) in [6.07, 6.45) is 7.90. The lowest BCUT2D eigenvalue weighted by molar-refractivity contribution is 0.196. The topological polar surface area (TPSA) is 55.8 Å². The van der Waals surface area contributed by atoms with E-state index in [1.165, 1.54) is 5.56 Å². The van der Waals surface area contributed by atoms with Crippen LogP contribution in [0.25, 0.3) is 16.8 Å². The largest absolute Gasteiger partial charge is 0.497 e. The van der Waals surface area contributed by atoms with E-state index in [0.717, 1.165) is 60.8 Å². The lowest BCUT2D eigenvalue weighted by atomic mass is 9.97. The average Bonchev–Trinajstić information content (AvgIpc) is 3.43. The van der Waals surface area contributed by atoms with Crippen molar-refractivity contribution in [2.24, 2.45) is 0 Å². The Kier molecular flexibility index (Phi) is 4.77. The van der Waals surface area contributed by atoms with E-state index in [2.05, 4.69) is 17.0 Å². The number of nitrogens with zero attached hydrogens (tertiary/aromatic N) is 4. The zero-order valence-electron chi connectivity index (χ0n) is 16.5. The number of methoxy groups -OCH3 is 1. The monoisotopic (exact) mass is 388 g/mol. The third kappa shape index (κ3) is 3.76. The molecule has 4 heterocycles. The van der Waals surface area contributed by atoms with E-state index in [0.29, 0.717) is 5.92 Å². The van der Waals surface area contributed by atoms with Crippen LogP contribution in [0.4, 0.5) is 0 Å². The molecule has 4 aromatic rings. The highest BCUT2D eigenvalue weighted by molar-refractivity contribution is 5.65. The molecule has 6 nitrogen and oxygen atoms in total. The molecule has 1 fully saturated rings. The fraction of sp³-hybridized carbons (Fsp3) is 0.304. The van der Waals surface area contributed by atoms with Gasteiger partial charge in [-0.2, -0.15) is 5.10 Å². The van der Waals surface area contributed by atoms with Crippen molar-refractivity contribution in [3.05, 3.63) is 72.6 Å². The Labute approximate surface area is 169 Å². The average molecular weight is 388 g/mol. The smallest absolute Gasteiger partial charge is 0.156 e. The van der Waals surface area contributed by atoms with Gasteiger partial charge in [-0.1, -0.05) is 12.1 Å². The first-order valence-electron chi connectivity index (χ1n) is 10.0. The lowest BCUT2D eigenvalue weighted by Crippen LogP contribution is -2.34. The molecule has 1 aliphatic heterocycles. The highest BCUT2D eigenvalue weighted by Gasteiger charge is 2.25. The van der Waals surface area contributed by atoms with Crippen LogP contribution in [0.2, 0.25) is 0 Å². The van der Waals surface area contributed by atoms with Gasteiger partial charge in [-0.05, 0) is 55.3 Å². The summed E-state index contributed by atoms with van der Waals surface area (Å²) in [6.45, 7) is 3.00. The maximum absolute atomic E-state index is 5.35. The summed E-state index contributed by atoms with van der Waals surface area (Å²) in [6, 6.07) is 14.2. The SMILES string of the molecule is COc1cccc(-c2ccc3nc(C4CCCN(Cc5ccoc5)C4)nn3c2)c1. The second kappa shape index (κ2) is 7.72. The minimum Gasteiger partial charge on any atom is -0.497 e. The third-order valence-corrected chi connectivity index (χ3v) is 5.61. The molecule has 1 unspecified atom stereocenters. The number of hydrogen-bond acceptors (Lipinski definition) is 5. The van der Waals surface area contributed by atoms with Crippen molar-refractivity contribution in [1.82, 2.24) is 19.5 Å². The van der Waals surface area contributed by atoms with E-state index in [4.69, 9.17) is 19.2 Å². The Morgan fingerprint density at radius 1 is 1.17 bits per heavy atom. The molecule has 5 rings (SSSR count). The van der Waals surface area contributed by atoms with Crippen LogP contribution < -0.4 is 4.74 Å². The maximum atomic E-state index is 5.35. The summed E-state index contributed by atoms with van der Waals surface area (Å²) in [5, 5.41) is 4.83. The third-order valence-electron chi connectivity index (χ3n) is 5.61. The summed E-state index contributed by atoms with van der Waals surface area (Å²) >= 11 is 0. The molecular formula is C23H24N4O2. The molecule has 3 aromatic heterocycles. The molecule has 29 heavy (non-hydrogen) atoms. The molecule has 6 heteroatoms. The first-order valence-corrected chi connectivity index (χ1v) is 10.0. The molecule has 1 saturated heterocycles. The van der Waals surface area contributed by atoms with Crippen LogP contribution in [0.15, 0.2) is 65.6 Å². The van der Waals surface area contributed by atoms with Gasteiger partial charge in [0.25, 0.3) is 0 Å². The number of furan rings is 1. The van der Waals surface area contributed by atoms with Crippen molar-refractivity contribution in [3.8, 4) is 16.9 Å². The Morgan fingerprint density at radius 3 is 3.00 bits per heavy atom. The van der Waals surface area contributed by atoms with E-state index in [9.17, 15) is 0 Å². The number of fused-ring (bicyclic) bond motifs is 1. The van der Waals surface area contributed by atoms with Gasteiger partial charge in [-0.15, -0.1) is 0 Å². The van der Waals surface area contributed by atoms with Crippen LogP contribution in [-0.2, 0) is 6.54 Å². The van der Waals surface area contributed by atoms with Crippen molar-refractivity contribution in [2.45, 2.75) is 25.3 Å². The number of hydrogen-bond donors (Lipinski definition) is 0. The number of pyridine rings is 1. The fourth-order valence-corrected chi connectivity index (χ4v) is 4.10. The van der Waals surface area contributed by atoms with Crippen LogP contribution >= 0.6 is 0 Å². The molecule has 1 aliphatic rings. The molecule has 1 aromatic carbocycles. The van der Waals surface area contributed by atoms with E-state index < -0.39 is 0 Å². The predicted molar refractivity (Wildman–Crippen MR) is 111 cm³/mol. The molecule has 0 spiro atoms. The second-order valence-corrected chi connectivity index (χ2v) is 7.63. The van der Waals surface area contributed by atoms with Crippen LogP contribution in [-0.4, -0.2) is 39.7 Å². The maximum Gasteiger partial charge on any atom is 0.156 e. The Balaban J connectivity index is 1.38. The van der Waals surface area contributed by atoms with Gasteiger partial charge in [0.2, 0.25) is 0 Å². The van der Waals surface area contributed by atoms with E-state index in [1.807, 2.05) is 47.3 Å². The van der Waals surface area contributed by atoms with Gasteiger partial charge in [0.15, 0.2) is 11.5 Å². The molecule has 0 radical (unpaired) electrons. The summed E-state index contributed by atoms with van der Waals surface area (Å²) in [4.78, 5) is 7.28. The summed E-state index contributed by atoms with van der Waals surface area (Å²) in [5.41, 5.74) is 4.31. The van der Waals surface area contributed by atoms with Gasteiger partial charge < -0.3 is 9.15 Å². The second-order valence-electron chi connectivity index (χ2n) is 7.63. The van der Waals surface area contributed by atoms with Crippen molar-refractivity contribution in [1.29, 1.82) is 0 Å². The van der Waals surface area contributed by atoms with Crippen LogP contribution in [0, 0.1) is 0 Å². The summed E-state index contributed by atoms with van der Waals surface area (Å²) in [7, 11) is 1.69. The van der Waals surface area contributed by atoms with E-state index >= 15 is 0 Å². The minimum absolute atomic E-state index is 0.357. The molecule has 0 bridgehead atoms. The number of rotatable bonds is 5. The van der Waals surface area contributed by atoms with Crippen LogP contribution in [0.1, 0.15) is 30.1 Å². The first-order chi connectivity index (χ1) is 14.3. The lowest BCUT2D eigenvalue weighted by Gasteiger charge is -2.30. The Hall–Kier alpha value is -3.12. The molecule has 0 amide bonds. The van der Waals surface area contributed by atoms with Gasteiger partial charge >= 0.3 is 0 Å². The van der Waals surface area contributed by atoms with Gasteiger partial charge in [0.1, 0.15) is 5.75 Å². The number of aromatic nitrogens is 3. The van der Waals surface area contributed by atoms with E-state index in [1.54, 1.807) is 13.4 Å². The van der Waals surface area contributed by atoms with Crippen LogP contribution in [0.3, 0.4) is 0 Å². The quantitative estimate of drug-likeness (QED) is 0.508. The van der Waals surface area contributed by atoms with Gasteiger partial charge in [0, 0.05) is 36.3 Å². The highest BCUT2D eigenvalue weighted by atomic mass is 16.5. The van der Waals surface area contributed by atoms with Crippen LogP contribution in [0.5, 0.6) is 5.75 Å². The van der Waals surface area contributed by atoms with Gasteiger partial charge in [0.05, 0.1) is 19.6 Å². The summed E-state index contributed by atoms with van der Waals surface area (Å²) in [5.74, 6) is 2.14. The molecule has 0 N–H and O–H groups in total. The number of benzene rings is 1. The predicted octanol–water partition coefficient (Wildman–Crippen LogP) is 4.38. The van der Waals surface area contributed by atoms with Crippen molar-refractivity contribution in [2.75, 3.05) is 20.2 Å². The van der Waals surface area contributed by atoms with Gasteiger partial charge in [-0.3, -0.25) is 4.90 Å². The fourth-order valence-electron chi connectivity index (χ4n) is 4.10. The van der Waals surface area contributed by atoms with Crippen molar-refractivity contribution < 1.29 is 9.15 Å². The molecular weight excluding hydrogens is 364 g/mol. The minimum atomic E-state index is 0.357.